The lowest BCUT2D eigenvalue weighted by molar-refractivity contribution is -0.117. The van der Waals surface area contributed by atoms with Gasteiger partial charge in [-0.25, -0.2) is 4.98 Å². The van der Waals surface area contributed by atoms with E-state index >= 15 is 0 Å². The monoisotopic (exact) mass is 423 g/mol. The summed E-state index contributed by atoms with van der Waals surface area (Å²) in [5.41, 5.74) is 2.66. The lowest BCUT2D eigenvalue weighted by atomic mass is 10.2. The van der Waals surface area contributed by atoms with E-state index in [0.717, 1.165) is 21.8 Å². The fourth-order valence-electron chi connectivity index (χ4n) is 2.77. The van der Waals surface area contributed by atoms with Gasteiger partial charge in [0.05, 0.1) is 24.9 Å². The van der Waals surface area contributed by atoms with Crippen molar-refractivity contribution in [2.24, 2.45) is 0 Å². The minimum atomic E-state index is -0.200. The van der Waals surface area contributed by atoms with Crippen LogP contribution < -0.4 is 14.8 Å². The Kier molecular flexibility index (Phi) is 7.19. The molecule has 3 aromatic rings. The van der Waals surface area contributed by atoms with E-state index in [-0.39, 0.29) is 18.1 Å². The molecule has 0 saturated carbocycles. The van der Waals surface area contributed by atoms with Crippen LogP contribution in [-0.4, -0.2) is 29.1 Å². The van der Waals surface area contributed by atoms with Gasteiger partial charge < -0.3 is 14.8 Å². The molecule has 3 rings (SSSR count). The molecule has 1 N–H and O–H groups in total. The second-order valence-electron chi connectivity index (χ2n) is 6.95. The Morgan fingerprint density at radius 3 is 2.73 bits per heavy atom. The van der Waals surface area contributed by atoms with Crippen LogP contribution in [0.15, 0.2) is 54.2 Å². The van der Waals surface area contributed by atoms with E-state index in [9.17, 15) is 4.79 Å². The number of nitrogens with one attached hydrogen (secondary N) is 1. The highest BCUT2D eigenvalue weighted by atomic mass is 32.1. The predicted molar refractivity (Wildman–Crippen MR) is 120 cm³/mol. The highest BCUT2D eigenvalue weighted by molar-refractivity contribution is 7.10. The summed E-state index contributed by atoms with van der Waals surface area (Å²) in [5.74, 6) is 1.11. The number of carbonyl (C=O) groups excluding carboxylic acids is 1. The molecular formula is C23H25N3O3S. The van der Waals surface area contributed by atoms with Crippen LogP contribution in [0.5, 0.6) is 11.5 Å². The minimum Gasteiger partial charge on any atom is -0.493 e. The van der Waals surface area contributed by atoms with Crippen molar-refractivity contribution < 1.29 is 14.3 Å². The van der Waals surface area contributed by atoms with Gasteiger partial charge in [0, 0.05) is 29.4 Å². The van der Waals surface area contributed by atoms with E-state index < -0.39 is 0 Å². The molecule has 2 aromatic heterocycles. The van der Waals surface area contributed by atoms with E-state index in [2.05, 4.69) is 15.3 Å². The third kappa shape index (κ3) is 5.67. The van der Waals surface area contributed by atoms with Crippen LogP contribution in [0.3, 0.4) is 0 Å². The van der Waals surface area contributed by atoms with Crippen molar-refractivity contribution in [2.45, 2.75) is 32.9 Å². The Morgan fingerprint density at radius 2 is 2.03 bits per heavy atom. The second kappa shape index (κ2) is 10.0. The first-order valence-electron chi connectivity index (χ1n) is 9.65. The fourth-order valence-corrected chi connectivity index (χ4v) is 3.60. The SMILES string of the molecule is COc1cc(C=CC(=O)NC(C)c2nc(-c3cccnc3)cs2)ccc1OC(C)C. The van der Waals surface area contributed by atoms with E-state index in [1.807, 2.05) is 56.5 Å². The molecule has 156 valence electrons. The summed E-state index contributed by atoms with van der Waals surface area (Å²) in [7, 11) is 1.60. The Hall–Kier alpha value is -3.19. The van der Waals surface area contributed by atoms with Crippen molar-refractivity contribution >= 4 is 23.3 Å². The van der Waals surface area contributed by atoms with Crippen molar-refractivity contribution in [1.29, 1.82) is 0 Å². The van der Waals surface area contributed by atoms with Crippen LogP contribution >= 0.6 is 11.3 Å². The van der Waals surface area contributed by atoms with Gasteiger partial charge >= 0.3 is 0 Å². The molecule has 0 fully saturated rings. The summed E-state index contributed by atoms with van der Waals surface area (Å²) in [6, 6.07) is 9.20. The molecule has 1 aromatic carbocycles. The van der Waals surface area contributed by atoms with Crippen LogP contribution in [-0.2, 0) is 4.79 Å². The molecule has 30 heavy (non-hydrogen) atoms. The van der Waals surface area contributed by atoms with Crippen molar-refractivity contribution in [1.82, 2.24) is 15.3 Å². The van der Waals surface area contributed by atoms with Crippen molar-refractivity contribution in [3.8, 4) is 22.8 Å². The van der Waals surface area contributed by atoms with Crippen molar-refractivity contribution in [3.63, 3.8) is 0 Å². The first-order valence-corrected chi connectivity index (χ1v) is 10.5. The van der Waals surface area contributed by atoms with Gasteiger partial charge in [-0.3, -0.25) is 9.78 Å². The van der Waals surface area contributed by atoms with Crippen LogP contribution in [0.1, 0.15) is 37.4 Å². The number of aromatic nitrogens is 2. The molecule has 0 radical (unpaired) electrons. The number of amides is 1. The molecule has 0 bridgehead atoms. The van der Waals surface area contributed by atoms with Crippen LogP contribution in [0.4, 0.5) is 0 Å². The third-order valence-electron chi connectivity index (χ3n) is 4.19. The number of nitrogens with zero attached hydrogens (tertiary/aromatic N) is 2. The summed E-state index contributed by atoms with van der Waals surface area (Å²) in [6.07, 6.45) is 6.80. The number of hydrogen-bond donors (Lipinski definition) is 1. The van der Waals surface area contributed by atoms with E-state index in [1.165, 1.54) is 17.4 Å². The van der Waals surface area contributed by atoms with Crippen molar-refractivity contribution in [3.05, 3.63) is 64.8 Å². The number of carbonyl (C=O) groups is 1. The largest absolute Gasteiger partial charge is 0.493 e. The molecule has 0 aliphatic heterocycles. The highest BCUT2D eigenvalue weighted by Crippen LogP contribution is 2.29. The van der Waals surface area contributed by atoms with Gasteiger partial charge in [-0.05, 0) is 56.7 Å². The molecule has 0 aliphatic rings. The van der Waals surface area contributed by atoms with Gasteiger partial charge in [0.15, 0.2) is 11.5 Å². The number of rotatable bonds is 8. The molecule has 0 aliphatic carbocycles. The molecule has 7 heteroatoms. The zero-order valence-corrected chi connectivity index (χ0v) is 18.3. The summed E-state index contributed by atoms with van der Waals surface area (Å²) < 4.78 is 11.1. The predicted octanol–water partition coefficient (Wildman–Crippen LogP) is 4.89. The molecule has 1 amide bonds. The standard InChI is InChI=1S/C23H25N3O3S/c1-15(2)29-20-9-7-17(12-21(20)28-4)8-10-22(27)25-16(3)23-26-19(14-30-23)18-6-5-11-24-13-18/h5-16H,1-4H3,(H,25,27). The minimum absolute atomic E-state index is 0.0529. The number of ether oxygens (including phenoxy) is 2. The van der Waals surface area contributed by atoms with Crippen LogP contribution in [0, 0.1) is 0 Å². The van der Waals surface area contributed by atoms with E-state index in [4.69, 9.17) is 9.47 Å². The molecule has 0 saturated heterocycles. The average Bonchev–Trinajstić information content (AvgIpc) is 3.24. The lowest BCUT2D eigenvalue weighted by Gasteiger charge is -2.13. The van der Waals surface area contributed by atoms with Crippen LogP contribution in [0.2, 0.25) is 0 Å². The van der Waals surface area contributed by atoms with Gasteiger partial charge in [-0.15, -0.1) is 11.3 Å². The van der Waals surface area contributed by atoms with Gasteiger partial charge in [0.2, 0.25) is 5.91 Å². The van der Waals surface area contributed by atoms with Crippen LogP contribution in [0.25, 0.3) is 17.3 Å². The number of pyridine rings is 1. The number of hydrogen-bond acceptors (Lipinski definition) is 6. The zero-order chi connectivity index (χ0) is 21.5. The zero-order valence-electron chi connectivity index (χ0n) is 17.5. The molecule has 1 unspecified atom stereocenters. The smallest absolute Gasteiger partial charge is 0.244 e. The Bertz CT molecular complexity index is 1020. The molecular weight excluding hydrogens is 398 g/mol. The summed E-state index contributed by atoms with van der Waals surface area (Å²) >= 11 is 1.51. The molecule has 2 heterocycles. The van der Waals surface area contributed by atoms with Gasteiger partial charge in [-0.1, -0.05) is 6.07 Å². The molecule has 6 nitrogen and oxygen atoms in total. The van der Waals surface area contributed by atoms with Gasteiger partial charge in [0.25, 0.3) is 0 Å². The Labute approximate surface area is 180 Å². The Morgan fingerprint density at radius 1 is 1.20 bits per heavy atom. The third-order valence-corrected chi connectivity index (χ3v) is 5.21. The number of benzene rings is 1. The van der Waals surface area contributed by atoms with Crippen molar-refractivity contribution in [2.75, 3.05) is 7.11 Å². The summed E-state index contributed by atoms with van der Waals surface area (Å²) in [6.45, 7) is 5.83. The quantitative estimate of drug-likeness (QED) is 0.522. The Balaban J connectivity index is 1.62. The highest BCUT2D eigenvalue weighted by Gasteiger charge is 2.13. The molecule has 0 spiro atoms. The maximum Gasteiger partial charge on any atom is 0.244 e. The first kappa shape index (κ1) is 21.5. The molecule has 1 atom stereocenters. The summed E-state index contributed by atoms with van der Waals surface area (Å²) in [5, 5.41) is 5.76. The topological polar surface area (TPSA) is 73.3 Å². The normalized spacial score (nSPS) is 12.2. The lowest BCUT2D eigenvalue weighted by Crippen LogP contribution is -2.24. The maximum atomic E-state index is 12.4. The van der Waals surface area contributed by atoms with E-state index in [0.29, 0.717) is 11.5 Å². The van der Waals surface area contributed by atoms with Gasteiger partial charge in [0.1, 0.15) is 5.01 Å². The van der Waals surface area contributed by atoms with Gasteiger partial charge in [-0.2, -0.15) is 0 Å². The average molecular weight is 424 g/mol. The van der Waals surface area contributed by atoms with E-state index in [1.54, 1.807) is 25.6 Å². The number of methoxy groups -OCH3 is 1. The summed E-state index contributed by atoms with van der Waals surface area (Å²) in [4.78, 5) is 21.1. The number of thiazole rings is 1. The first-order chi connectivity index (χ1) is 14.5. The maximum absolute atomic E-state index is 12.4. The fraction of sp³-hybridized carbons (Fsp3) is 0.261. The second-order valence-corrected chi connectivity index (χ2v) is 7.84.